The molecule has 2 aliphatic rings. The summed E-state index contributed by atoms with van der Waals surface area (Å²) in [6, 6.07) is -0.441. The minimum Gasteiger partial charge on any atom is -0.340 e. The summed E-state index contributed by atoms with van der Waals surface area (Å²) in [5, 5.41) is 2.58. The average Bonchev–Trinajstić information content (AvgIpc) is 2.64. The van der Waals surface area contributed by atoms with Gasteiger partial charge >= 0.3 is 12.2 Å². The van der Waals surface area contributed by atoms with Crippen LogP contribution in [0.1, 0.15) is 20.3 Å². The van der Waals surface area contributed by atoms with E-state index in [1.807, 2.05) is 4.90 Å². The number of imide groups is 1. The third-order valence-electron chi connectivity index (χ3n) is 4.16. The summed E-state index contributed by atoms with van der Waals surface area (Å²) in [4.78, 5) is 39.6. The van der Waals surface area contributed by atoms with E-state index in [1.165, 1.54) is 4.90 Å². The van der Waals surface area contributed by atoms with Gasteiger partial charge in [-0.3, -0.25) is 19.4 Å². The molecule has 7 nitrogen and oxygen atoms in total. The Kier molecular flexibility index (Phi) is 5.07. The fourth-order valence-corrected chi connectivity index (χ4v) is 2.77. The fraction of sp³-hybridized carbons (Fsp3) is 0.786. The van der Waals surface area contributed by atoms with Crippen LogP contribution < -0.4 is 5.32 Å². The predicted molar refractivity (Wildman–Crippen MR) is 78.0 cm³/mol. The van der Waals surface area contributed by atoms with E-state index >= 15 is 0 Å². The number of nitrogens with zero attached hydrogens (tertiary/aromatic N) is 3. The molecule has 0 spiro atoms. The number of urea groups is 1. The SMILES string of the molecule is CC1(C)NC(=O)N(CCN2CCN(C(=O)CC(F)(F)F)CC2)C1=O. The molecule has 136 valence electrons. The van der Waals surface area contributed by atoms with Crippen molar-refractivity contribution in [1.82, 2.24) is 20.0 Å². The molecule has 0 radical (unpaired) electrons. The van der Waals surface area contributed by atoms with Gasteiger partial charge in [0.1, 0.15) is 12.0 Å². The number of nitrogens with one attached hydrogen (secondary N) is 1. The molecule has 1 N–H and O–H groups in total. The molecule has 0 aromatic rings. The summed E-state index contributed by atoms with van der Waals surface area (Å²) in [6.45, 7) is 5.13. The van der Waals surface area contributed by atoms with Gasteiger partial charge < -0.3 is 10.2 Å². The number of amides is 4. The largest absolute Gasteiger partial charge is 0.397 e. The summed E-state index contributed by atoms with van der Waals surface area (Å²) >= 11 is 0. The lowest BCUT2D eigenvalue weighted by molar-refractivity contribution is -0.162. The Morgan fingerprint density at radius 1 is 1.12 bits per heavy atom. The molecule has 0 aromatic heterocycles. The lowest BCUT2D eigenvalue weighted by Crippen LogP contribution is -2.51. The predicted octanol–water partition coefficient (Wildman–Crippen LogP) is 0.413. The smallest absolute Gasteiger partial charge is 0.340 e. The first kappa shape index (κ1) is 18.5. The molecule has 24 heavy (non-hydrogen) atoms. The van der Waals surface area contributed by atoms with Crippen molar-refractivity contribution in [2.75, 3.05) is 39.3 Å². The summed E-state index contributed by atoms with van der Waals surface area (Å²) in [5.41, 5.74) is -0.917. The van der Waals surface area contributed by atoms with E-state index in [0.29, 0.717) is 19.6 Å². The van der Waals surface area contributed by atoms with Crippen LogP contribution in [0.3, 0.4) is 0 Å². The van der Waals surface area contributed by atoms with Crippen LogP contribution in [0.15, 0.2) is 0 Å². The third kappa shape index (κ3) is 4.37. The standard InChI is InChI=1S/C14H21F3N4O3/c1-13(2)11(23)21(12(24)18-13)8-5-19-3-6-20(7-4-19)10(22)9-14(15,16)17/h3-9H2,1-2H3,(H,18,24). The number of halogens is 3. The van der Waals surface area contributed by atoms with Gasteiger partial charge in [0.05, 0.1) is 0 Å². The number of hydrogen-bond acceptors (Lipinski definition) is 4. The van der Waals surface area contributed by atoms with Crippen molar-refractivity contribution in [3.05, 3.63) is 0 Å². The topological polar surface area (TPSA) is 73.0 Å². The van der Waals surface area contributed by atoms with Gasteiger partial charge in [0.15, 0.2) is 0 Å². The first-order chi connectivity index (χ1) is 11.0. The van der Waals surface area contributed by atoms with Crippen LogP contribution in [0, 0.1) is 0 Å². The molecule has 0 bridgehead atoms. The summed E-state index contributed by atoms with van der Waals surface area (Å²) in [6.07, 6.45) is -5.94. The summed E-state index contributed by atoms with van der Waals surface area (Å²) < 4.78 is 36.7. The Balaban J connectivity index is 1.77. The Bertz CT molecular complexity index is 528. The van der Waals surface area contributed by atoms with Crippen LogP contribution in [0.2, 0.25) is 0 Å². The van der Waals surface area contributed by atoms with Crippen LogP contribution in [0.5, 0.6) is 0 Å². The molecular weight excluding hydrogens is 329 g/mol. The minimum absolute atomic E-state index is 0.209. The van der Waals surface area contributed by atoms with E-state index in [2.05, 4.69) is 5.32 Å². The van der Waals surface area contributed by atoms with Crippen molar-refractivity contribution < 1.29 is 27.6 Å². The maximum absolute atomic E-state index is 12.2. The zero-order chi connectivity index (χ0) is 18.1. The van der Waals surface area contributed by atoms with Crippen LogP contribution in [0.4, 0.5) is 18.0 Å². The van der Waals surface area contributed by atoms with Gasteiger partial charge in [0.2, 0.25) is 5.91 Å². The second-order valence-corrected chi connectivity index (χ2v) is 6.53. The molecule has 0 unspecified atom stereocenters. The Hall–Kier alpha value is -1.84. The summed E-state index contributed by atoms with van der Waals surface area (Å²) in [5.74, 6) is -1.22. The molecule has 0 saturated carbocycles. The molecule has 10 heteroatoms. The van der Waals surface area contributed by atoms with Crippen LogP contribution in [-0.2, 0) is 9.59 Å². The van der Waals surface area contributed by atoms with Gasteiger partial charge in [0.25, 0.3) is 5.91 Å². The highest BCUT2D eigenvalue weighted by Gasteiger charge is 2.44. The second-order valence-electron chi connectivity index (χ2n) is 6.53. The lowest BCUT2D eigenvalue weighted by atomic mass is 10.1. The molecule has 0 aliphatic carbocycles. The van der Waals surface area contributed by atoms with Crippen LogP contribution in [-0.4, -0.2) is 83.5 Å². The molecular formula is C14H21F3N4O3. The minimum atomic E-state index is -4.50. The molecule has 4 amide bonds. The molecule has 0 atom stereocenters. The number of rotatable bonds is 4. The Morgan fingerprint density at radius 3 is 2.17 bits per heavy atom. The first-order valence-electron chi connectivity index (χ1n) is 7.70. The van der Waals surface area contributed by atoms with E-state index in [1.54, 1.807) is 13.8 Å². The van der Waals surface area contributed by atoms with Crippen molar-refractivity contribution in [2.45, 2.75) is 32.0 Å². The average molecular weight is 350 g/mol. The molecule has 2 saturated heterocycles. The van der Waals surface area contributed by atoms with E-state index in [0.717, 1.165) is 4.90 Å². The quantitative estimate of drug-likeness (QED) is 0.746. The highest BCUT2D eigenvalue weighted by molar-refractivity contribution is 6.06. The van der Waals surface area contributed by atoms with Crippen molar-refractivity contribution in [3.8, 4) is 0 Å². The number of carbonyl (C=O) groups is 3. The monoisotopic (exact) mass is 350 g/mol. The summed E-state index contributed by atoms with van der Waals surface area (Å²) in [7, 11) is 0. The molecule has 0 aromatic carbocycles. The van der Waals surface area contributed by atoms with Gasteiger partial charge in [-0.1, -0.05) is 0 Å². The molecule has 2 rings (SSSR count). The molecule has 2 heterocycles. The van der Waals surface area contributed by atoms with Crippen LogP contribution in [0.25, 0.3) is 0 Å². The van der Waals surface area contributed by atoms with Gasteiger partial charge in [-0.05, 0) is 13.8 Å². The van der Waals surface area contributed by atoms with Crippen molar-refractivity contribution >= 4 is 17.8 Å². The highest BCUT2D eigenvalue weighted by atomic mass is 19.4. The normalized spacial score (nSPS) is 22.0. The number of hydrogen-bond donors (Lipinski definition) is 1. The maximum atomic E-state index is 12.2. The van der Waals surface area contributed by atoms with E-state index < -0.39 is 30.1 Å². The molecule has 2 fully saturated rings. The van der Waals surface area contributed by atoms with Crippen LogP contribution >= 0.6 is 0 Å². The number of carbonyl (C=O) groups excluding carboxylic acids is 3. The van der Waals surface area contributed by atoms with Crippen molar-refractivity contribution in [2.24, 2.45) is 0 Å². The van der Waals surface area contributed by atoms with Gasteiger partial charge in [-0.15, -0.1) is 0 Å². The highest BCUT2D eigenvalue weighted by Crippen LogP contribution is 2.21. The second kappa shape index (κ2) is 6.58. The number of alkyl halides is 3. The number of piperazine rings is 1. The zero-order valence-corrected chi connectivity index (χ0v) is 13.7. The fourth-order valence-electron chi connectivity index (χ4n) is 2.77. The van der Waals surface area contributed by atoms with E-state index in [4.69, 9.17) is 0 Å². The lowest BCUT2D eigenvalue weighted by Gasteiger charge is -2.35. The van der Waals surface area contributed by atoms with Gasteiger partial charge in [-0.2, -0.15) is 13.2 Å². The Labute approximate surface area is 137 Å². The van der Waals surface area contributed by atoms with Crippen molar-refractivity contribution in [1.29, 1.82) is 0 Å². The van der Waals surface area contributed by atoms with Crippen molar-refractivity contribution in [3.63, 3.8) is 0 Å². The van der Waals surface area contributed by atoms with E-state index in [-0.39, 0.29) is 25.5 Å². The van der Waals surface area contributed by atoms with E-state index in [9.17, 15) is 27.6 Å². The Morgan fingerprint density at radius 2 is 1.71 bits per heavy atom. The third-order valence-corrected chi connectivity index (χ3v) is 4.16. The molecule has 2 aliphatic heterocycles. The van der Waals surface area contributed by atoms with Gasteiger partial charge in [0, 0.05) is 39.3 Å². The van der Waals surface area contributed by atoms with Gasteiger partial charge in [-0.25, -0.2) is 4.79 Å². The zero-order valence-electron chi connectivity index (χ0n) is 13.7. The maximum Gasteiger partial charge on any atom is 0.397 e. The first-order valence-corrected chi connectivity index (χ1v) is 7.70.